The summed E-state index contributed by atoms with van der Waals surface area (Å²) in [6, 6.07) is 1.69. The van der Waals surface area contributed by atoms with E-state index in [2.05, 4.69) is 20.6 Å². The topological polar surface area (TPSA) is 49.8 Å². The molecule has 0 saturated carbocycles. The number of aromatic nitrogens is 2. The highest BCUT2D eigenvalue weighted by molar-refractivity contribution is 6.29. The first-order valence-corrected chi connectivity index (χ1v) is 4.10. The summed E-state index contributed by atoms with van der Waals surface area (Å²) in [5.41, 5.74) is 0. The van der Waals surface area contributed by atoms with Crippen LogP contribution in [0.4, 0.5) is 11.8 Å². The molecule has 4 nitrogen and oxygen atoms in total. The van der Waals surface area contributed by atoms with Crippen molar-refractivity contribution >= 4 is 23.4 Å². The Bertz CT molecular complexity index is 264. The molecule has 0 saturated heterocycles. The summed E-state index contributed by atoms with van der Waals surface area (Å²) in [7, 11) is 1.75. The Labute approximate surface area is 76.4 Å². The fraction of sp³-hybridized carbons (Fsp3) is 0.429. The van der Waals surface area contributed by atoms with Crippen molar-refractivity contribution in [2.45, 2.75) is 6.92 Å². The first kappa shape index (κ1) is 9.06. The molecular weight excluding hydrogens is 176 g/mol. The van der Waals surface area contributed by atoms with Crippen LogP contribution in [-0.4, -0.2) is 23.6 Å². The minimum Gasteiger partial charge on any atom is -0.370 e. The van der Waals surface area contributed by atoms with E-state index in [-0.39, 0.29) is 0 Å². The molecule has 0 aromatic carbocycles. The average Bonchev–Trinajstić information content (AvgIpc) is 2.04. The number of hydrogen-bond acceptors (Lipinski definition) is 4. The second-order valence-corrected chi connectivity index (χ2v) is 2.57. The zero-order valence-electron chi connectivity index (χ0n) is 7.06. The van der Waals surface area contributed by atoms with Crippen molar-refractivity contribution in [1.29, 1.82) is 0 Å². The van der Waals surface area contributed by atoms with Crippen LogP contribution in [0.2, 0.25) is 5.15 Å². The van der Waals surface area contributed by atoms with Crippen molar-refractivity contribution in [3.8, 4) is 0 Å². The summed E-state index contributed by atoms with van der Waals surface area (Å²) in [6.45, 7) is 2.81. The molecular formula is C7H11ClN4. The van der Waals surface area contributed by atoms with Crippen LogP contribution in [0.5, 0.6) is 0 Å². The van der Waals surface area contributed by atoms with Gasteiger partial charge in [-0.1, -0.05) is 11.6 Å². The number of nitrogens with one attached hydrogen (secondary N) is 2. The molecule has 0 unspecified atom stereocenters. The highest BCUT2D eigenvalue weighted by Crippen LogP contribution is 2.13. The van der Waals surface area contributed by atoms with E-state index in [9.17, 15) is 0 Å². The summed E-state index contributed by atoms with van der Waals surface area (Å²) in [6.07, 6.45) is 0. The number of halogens is 1. The maximum absolute atomic E-state index is 5.73. The number of anilines is 2. The highest BCUT2D eigenvalue weighted by atomic mass is 35.5. The lowest BCUT2D eigenvalue weighted by molar-refractivity contribution is 1.11. The largest absolute Gasteiger partial charge is 0.370 e. The number of nitrogens with zero attached hydrogens (tertiary/aromatic N) is 2. The molecule has 1 aromatic rings. The third-order valence-corrected chi connectivity index (χ3v) is 1.47. The smallest absolute Gasteiger partial charge is 0.225 e. The molecule has 2 N–H and O–H groups in total. The lowest BCUT2D eigenvalue weighted by atomic mass is 10.5. The molecule has 0 radical (unpaired) electrons. The Kier molecular flexibility index (Phi) is 3.10. The number of rotatable bonds is 3. The van der Waals surface area contributed by atoms with E-state index in [1.165, 1.54) is 0 Å². The van der Waals surface area contributed by atoms with E-state index in [4.69, 9.17) is 11.6 Å². The van der Waals surface area contributed by atoms with Gasteiger partial charge in [0.25, 0.3) is 0 Å². The van der Waals surface area contributed by atoms with Crippen molar-refractivity contribution in [2.75, 3.05) is 24.2 Å². The Morgan fingerprint density at radius 3 is 2.83 bits per heavy atom. The molecule has 1 rings (SSSR count). The van der Waals surface area contributed by atoms with Gasteiger partial charge in [-0.2, -0.15) is 4.98 Å². The van der Waals surface area contributed by atoms with E-state index >= 15 is 0 Å². The van der Waals surface area contributed by atoms with E-state index in [1.807, 2.05) is 6.92 Å². The Morgan fingerprint density at radius 1 is 1.50 bits per heavy atom. The van der Waals surface area contributed by atoms with Gasteiger partial charge in [-0.25, -0.2) is 4.98 Å². The van der Waals surface area contributed by atoms with Gasteiger partial charge in [0.2, 0.25) is 5.95 Å². The standard InChI is InChI=1S/C7H11ClN4/c1-3-10-6-4-5(8)11-7(9-2)12-6/h4H,3H2,1-2H3,(H2,9,10,11,12). The minimum atomic E-state index is 0.435. The van der Waals surface area contributed by atoms with Crippen LogP contribution in [-0.2, 0) is 0 Å². The van der Waals surface area contributed by atoms with Crippen molar-refractivity contribution in [3.05, 3.63) is 11.2 Å². The predicted octanol–water partition coefficient (Wildman–Crippen LogP) is 1.60. The zero-order valence-corrected chi connectivity index (χ0v) is 7.81. The molecule has 0 aliphatic carbocycles. The van der Waals surface area contributed by atoms with Gasteiger partial charge in [-0.3, -0.25) is 0 Å². The molecule has 0 spiro atoms. The van der Waals surface area contributed by atoms with Gasteiger partial charge in [0, 0.05) is 19.7 Å². The number of hydrogen-bond donors (Lipinski definition) is 2. The summed E-state index contributed by atoms with van der Waals surface area (Å²) in [4.78, 5) is 8.06. The maximum Gasteiger partial charge on any atom is 0.225 e. The monoisotopic (exact) mass is 186 g/mol. The molecule has 66 valence electrons. The van der Waals surface area contributed by atoms with Gasteiger partial charge in [0.1, 0.15) is 11.0 Å². The third-order valence-electron chi connectivity index (χ3n) is 1.28. The van der Waals surface area contributed by atoms with Crippen LogP contribution in [0.15, 0.2) is 6.07 Å². The normalized spacial score (nSPS) is 9.58. The van der Waals surface area contributed by atoms with E-state index < -0.39 is 0 Å². The lowest BCUT2D eigenvalue weighted by Crippen LogP contribution is -2.03. The second-order valence-electron chi connectivity index (χ2n) is 2.18. The Hall–Kier alpha value is -1.03. The average molecular weight is 187 g/mol. The maximum atomic E-state index is 5.73. The first-order valence-electron chi connectivity index (χ1n) is 3.72. The van der Waals surface area contributed by atoms with Crippen molar-refractivity contribution in [1.82, 2.24) is 9.97 Å². The van der Waals surface area contributed by atoms with E-state index in [1.54, 1.807) is 13.1 Å². The van der Waals surface area contributed by atoms with Gasteiger partial charge < -0.3 is 10.6 Å². The summed E-state index contributed by atoms with van der Waals surface area (Å²) < 4.78 is 0. The molecule has 0 amide bonds. The van der Waals surface area contributed by atoms with Gasteiger partial charge in [-0.05, 0) is 6.92 Å². The van der Waals surface area contributed by atoms with Gasteiger partial charge in [-0.15, -0.1) is 0 Å². The summed E-state index contributed by atoms with van der Waals surface area (Å²) in [5, 5.41) is 6.30. The fourth-order valence-electron chi connectivity index (χ4n) is 0.801. The van der Waals surface area contributed by atoms with Crippen LogP contribution < -0.4 is 10.6 Å². The molecule has 0 bridgehead atoms. The van der Waals surface area contributed by atoms with E-state index in [0.717, 1.165) is 12.4 Å². The molecule has 12 heavy (non-hydrogen) atoms. The molecule has 1 heterocycles. The van der Waals surface area contributed by atoms with Crippen LogP contribution in [0.3, 0.4) is 0 Å². The Balaban J connectivity index is 2.90. The van der Waals surface area contributed by atoms with Crippen molar-refractivity contribution in [2.24, 2.45) is 0 Å². The van der Waals surface area contributed by atoms with Crippen molar-refractivity contribution in [3.63, 3.8) is 0 Å². The fourth-order valence-corrected chi connectivity index (χ4v) is 0.985. The molecule has 5 heteroatoms. The molecule has 0 aliphatic rings. The quantitative estimate of drug-likeness (QED) is 0.705. The minimum absolute atomic E-state index is 0.435. The van der Waals surface area contributed by atoms with Gasteiger partial charge >= 0.3 is 0 Å². The predicted molar refractivity (Wildman–Crippen MR) is 50.8 cm³/mol. The van der Waals surface area contributed by atoms with Gasteiger partial charge in [0.05, 0.1) is 0 Å². The van der Waals surface area contributed by atoms with Crippen LogP contribution in [0.25, 0.3) is 0 Å². The lowest BCUT2D eigenvalue weighted by Gasteiger charge is -2.04. The molecule has 0 aliphatic heterocycles. The molecule has 1 aromatic heterocycles. The first-order chi connectivity index (χ1) is 5.76. The third kappa shape index (κ3) is 2.23. The van der Waals surface area contributed by atoms with Crippen LogP contribution in [0.1, 0.15) is 6.92 Å². The SMILES string of the molecule is CCNc1cc(Cl)nc(NC)n1. The van der Waals surface area contributed by atoms with Crippen molar-refractivity contribution < 1.29 is 0 Å². The Morgan fingerprint density at radius 2 is 2.25 bits per heavy atom. The molecule has 0 atom stereocenters. The molecule has 0 fully saturated rings. The van der Waals surface area contributed by atoms with Crippen LogP contribution >= 0.6 is 11.6 Å². The summed E-state index contributed by atoms with van der Waals surface area (Å²) in [5.74, 6) is 1.26. The van der Waals surface area contributed by atoms with Gasteiger partial charge in [0.15, 0.2) is 0 Å². The zero-order chi connectivity index (χ0) is 8.97. The van der Waals surface area contributed by atoms with Crippen LogP contribution in [0, 0.1) is 0 Å². The summed E-state index contributed by atoms with van der Waals surface area (Å²) >= 11 is 5.73. The second kappa shape index (κ2) is 4.11. The van der Waals surface area contributed by atoms with E-state index in [0.29, 0.717) is 11.1 Å². The highest BCUT2D eigenvalue weighted by Gasteiger charge is 1.99.